The monoisotopic (exact) mass is 436 g/mol. The summed E-state index contributed by atoms with van der Waals surface area (Å²) in [5.74, 6) is -3.00. The lowest BCUT2D eigenvalue weighted by atomic mass is 10.1. The minimum absolute atomic E-state index is 0.00796. The number of phenolic OH excluding ortho intramolecular Hbond substituents is 1. The predicted octanol–water partition coefficient (Wildman–Crippen LogP) is -1.68. The third-order valence-corrected chi connectivity index (χ3v) is 5.10. The number of carboxylic acid groups (broad SMARTS) is 1. The number of nitrogens with two attached hydrogens (primary N) is 1. The number of likely N-dealkylation sites (tertiary alicyclic amines) is 1. The maximum absolute atomic E-state index is 12.6. The number of hydrogen-bond acceptors (Lipinski definition) is 7. The van der Waals surface area contributed by atoms with Gasteiger partial charge in [-0.05, 0) is 37.5 Å². The Labute approximate surface area is 179 Å². The van der Waals surface area contributed by atoms with Crippen LogP contribution in [-0.2, 0) is 25.6 Å². The van der Waals surface area contributed by atoms with Crippen LogP contribution in [0.3, 0.4) is 0 Å². The van der Waals surface area contributed by atoms with E-state index in [0.717, 1.165) is 0 Å². The molecule has 0 saturated carbocycles. The lowest BCUT2D eigenvalue weighted by Gasteiger charge is -2.27. The third-order valence-electron chi connectivity index (χ3n) is 5.10. The quantitative estimate of drug-likeness (QED) is 0.265. The number of amides is 3. The van der Waals surface area contributed by atoms with Crippen LogP contribution in [0.1, 0.15) is 25.3 Å². The number of aliphatic hydroxyl groups excluding tert-OH is 1. The number of phenols is 1. The molecule has 1 aromatic rings. The average Bonchev–Trinajstić information content (AvgIpc) is 3.23. The molecule has 7 N–H and O–H groups in total. The van der Waals surface area contributed by atoms with Crippen LogP contribution in [0, 0.1) is 0 Å². The first-order valence-electron chi connectivity index (χ1n) is 9.92. The number of rotatable bonds is 9. The second-order valence-corrected chi connectivity index (χ2v) is 7.48. The van der Waals surface area contributed by atoms with Crippen molar-refractivity contribution in [1.82, 2.24) is 15.5 Å². The number of carboxylic acids is 1. The van der Waals surface area contributed by atoms with E-state index in [1.165, 1.54) is 24.0 Å². The van der Waals surface area contributed by atoms with E-state index in [1.807, 2.05) is 0 Å². The third kappa shape index (κ3) is 6.40. The molecule has 0 aromatic heterocycles. The highest BCUT2D eigenvalue weighted by molar-refractivity contribution is 5.94. The first kappa shape index (κ1) is 24.1. The number of aliphatic hydroxyl groups is 1. The van der Waals surface area contributed by atoms with Crippen molar-refractivity contribution >= 4 is 23.7 Å². The van der Waals surface area contributed by atoms with Crippen LogP contribution in [0.2, 0.25) is 0 Å². The molecule has 1 heterocycles. The summed E-state index contributed by atoms with van der Waals surface area (Å²) in [7, 11) is 0. The van der Waals surface area contributed by atoms with Gasteiger partial charge in [-0.2, -0.15) is 0 Å². The van der Waals surface area contributed by atoms with Crippen molar-refractivity contribution in [3.63, 3.8) is 0 Å². The van der Waals surface area contributed by atoms with Crippen LogP contribution in [0.5, 0.6) is 5.75 Å². The van der Waals surface area contributed by atoms with E-state index in [4.69, 9.17) is 10.8 Å². The summed E-state index contributed by atoms with van der Waals surface area (Å²) in [4.78, 5) is 50.1. The Balaban J connectivity index is 1.96. The summed E-state index contributed by atoms with van der Waals surface area (Å²) in [5.41, 5.74) is 6.16. The molecule has 31 heavy (non-hydrogen) atoms. The number of carbonyl (C=O) groups excluding carboxylic acids is 3. The Kier molecular flexibility index (Phi) is 8.34. The van der Waals surface area contributed by atoms with Crippen molar-refractivity contribution < 1.29 is 34.5 Å². The standard InChI is InChI=1S/C20H28N4O7/c1-11(22-18(28)16-3-2-8-24(16)19(29)14(21)10-25)17(27)23-15(20(30)31)9-12-4-6-13(26)7-5-12/h4-7,11,14-16,25-26H,2-3,8-10,21H2,1H3,(H,22,28)(H,23,27)(H,30,31). The number of hydrogen-bond donors (Lipinski definition) is 6. The number of carbonyl (C=O) groups is 4. The normalized spacial score (nSPS) is 18.7. The molecule has 0 bridgehead atoms. The molecular weight excluding hydrogens is 408 g/mol. The maximum atomic E-state index is 12.6. The smallest absolute Gasteiger partial charge is 0.326 e. The zero-order chi connectivity index (χ0) is 23.1. The number of nitrogens with zero attached hydrogens (tertiary/aromatic N) is 1. The van der Waals surface area contributed by atoms with Gasteiger partial charge in [0.05, 0.1) is 6.61 Å². The molecule has 1 saturated heterocycles. The zero-order valence-electron chi connectivity index (χ0n) is 17.2. The molecule has 3 amide bonds. The largest absolute Gasteiger partial charge is 0.508 e. The fourth-order valence-corrected chi connectivity index (χ4v) is 3.33. The minimum Gasteiger partial charge on any atom is -0.508 e. The van der Waals surface area contributed by atoms with E-state index in [-0.39, 0.29) is 12.2 Å². The van der Waals surface area contributed by atoms with Crippen molar-refractivity contribution in [3.8, 4) is 5.75 Å². The van der Waals surface area contributed by atoms with E-state index in [9.17, 15) is 29.4 Å². The SMILES string of the molecule is CC(NC(=O)C1CCCN1C(=O)C(N)CO)C(=O)NC(Cc1ccc(O)cc1)C(=O)O. The molecular formula is C20H28N4O7. The molecule has 2 rings (SSSR count). The molecule has 0 radical (unpaired) electrons. The Hall–Kier alpha value is -3.18. The van der Waals surface area contributed by atoms with E-state index in [2.05, 4.69) is 10.6 Å². The van der Waals surface area contributed by atoms with Gasteiger partial charge in [0.15, 0.2) is 0 Å². The fourth-order valence-electron chi connectivity index (χ4n) is 3.33. The first-order chi connectivity index (χ1) is 14.6. The molecule has 11 heteroatoms. The molecule has 1 fully saturated rings. The van der Waals surface area contributed by atoms with E-state index in [1.54, 1.807) is 12.1 Å². The number of nitrogens with one attached hydrogen (secondary N) is 2. The molecule has 4 unspecified atom stereocenters. The molecule has 4 atom stereocenters. The van der Waals surface area contributed by atoms with Crippen LogP contribution in [0.25, 0.3) is 0 Å². The lowest BCUT2D eigenvalue weighted by molar-refractivity contribution is -0.143. The summed E-state index contributed by atoms with van der Waals surface area (Å²) in [6.45, 7) is 1.19. The van der Waals surface area contributed by atoms with Gasteiger partial charge in [0.1, 0.15) is 29.9 Å². The van der Waals surface area contributed by atoms with Crippen LogP contribution in [-0.4, -0.2) is 81.2 Å². The summed E-state index contributed by atoms with van der Waals surface area (Å²) < 4.78 is 0. The predicted molar refractivity (Wildman–Crippen MR) is 109 cm³/mol. The maximum Gasteiger partial charge on any atom is 0.326 e. The Morgan fingerprint density at radius 1 is 1.19 bits per heavy atom. The Morgan fingerprint density at radius 2 is 1.84 bits per heavy atom. The molecule has 1 aliphatic rings. The first-order valence-corrected chi connectivity index (χ1v) is 9.92. The van der Waals surface area contributed by atoms with Gasteiger partial charge < -0.3 is 36.6 Å². The van der Waals surface area contributed by atoms with Crippen LogP contribution >= 0.6 is 0 Å². The number of aromatic hydroxyl groups is 1. The second kappa shape index (κ2) is 10.7. The highest BCUT2D eigenvalue weighted by Crippen LogP contribution is 2.18. The van der Waals surface area contributed by atoms with Gasteiger partial charge in [-0.25, -0.2) is 4.79 Å². The highest BCUT2D eigenvalue weighted by atomic mass is 16.4. The highest BCUT2D eigenvalue weighted by Gasteiger charge is 2.37. The Morgan fingerprint density at radius 3 is 2.42 bits per heavy atom. The second-order valence-electron chi connectivity index (χ2n) is 7.48. The average molecular weight is 436 g/mol. The van der Waals surface area contributed by atoms with Gasteiger partial charge >= 0.3 is 5.97 Å². The minimum atomic E-state index is -1.24. The van der Waals surface area contributed by atoms with E-state index in [0.29, 0.717) is 24.9 Å². The Bertz CT molecular complexity index is 814. The molecule has 11 nitrogen and oxygen atoms in total. The molecule has 1 aromatic carbocycles. The van der Waals surface area contributed by atoms with Crippen molar-refractivity contribution in [1.29, 1.82) is 0 Å². The van der Waals surface area contributed by atoms with Gasteiger partial charge in [-0.15, -0.1) is 0 Å². The van der Waals surface area contributed by atoms with E-state index >= 15 is 0 Å². The van der Waals surface area contributed by atoms with Crippen LogP contribution in [0.4, 0.5) is 0 Å². The fraction of sp³-hybridized carbons (Fsp3) is 0.500. The lowest BCUT2D eigenvalue weighted by Crippen LogP contribution is -2.56. The van der Waals surface area contributed by atoms with Crippen LogP contribution < -0.4 is 16.4 Å². The van der Waals surface area contributed by atoms with Gasteiger partial charge in [0, 0.05) is 13.0 Å². The van der Waals surface area contributed by atoms with Crippen molar-refractivity contribution in [2.45, 2.75) is 50.4 Å². The molecule has 1 aliphatic heterocycles. The van der Waals surface area contributed by atoms with Gasteiger partial charge in [-0.1, -0.05) is 12.1 Å². The summed E-state index contributed by atoms with van der Waals surface area (Å²) in [6, 6.07) is 1.71. The topological polar surface area (TPSA) is 182 Å². The van der Waals surface area contributed by atoms with Crippen molar-refractivity contribution in [2.24, 2.45) is 5.73 Å². The molecule has 170 valence electrons. The number of aliphatic carboxylic acids is 1. The zero-order valence-corrected chi connectivity index (χ0v) is 17.2. The van der Waals surface area contributed by atoms with Crippen molar-refractivity contribution in [3.05, 3.63) is 29.8 Å². The summed E-state index contributed by atoms with van der Waals surface area (Å²) in [5, 5.41) is 32.7. The summed E-state index contributed by atoms with van der Waals surface area (Å²) >= 11 is 0. The van der Waals surface area contributed by atoms with Gasteiger partial charge in [-0.3, -0.25) is 14.4 Å². The van der Waals surface area contributed by atoms with E-state index < -0.39 is 54.5 Å². The summed E-state index contributed by atoms with van der Waals surface area (Å²) in [6.07, 6.45) is 0.963. The number of benzene rings is 1. The van der Waals surface area contributed by atoms with Gasteiger partial charge in [0.2, 0.25) is 17.7 Å². The van der Waals surface area contributed by atoms with Crippen LogP contribution in [0.15, 0.2) is 24.3 Å². The molecule has 0 aliphatic carbocycles. The van der Waals surface area contributed by atoms with Gasteiger partial charge in [0.25, 0.3) is 0 Å². The molecule has 0 spiro atoms. The van der Waals surface area contributed by atoms with Crippen molar-refractivity contribution in [2.75, 3.05) is 13.2 Å².